The van der Waals surface area contributed by atoms with Crippen molar-refractivity contribution in [3.05, 3.63) is 74.3 Å². The van der Waals surface area contributed by atoms with Gasteiger partial charge in [-0.1, -0.05) is 18.2 Å². The van der Waals surface area contributed by atoms with E-state index in [0.29, 0.717) is 27.2 Å². The van der Waals surface area contributed by atoms with Crippen LogP contribution < -0.4 is 10.9 Å². The number of carbonyl (C=O) groups is 2. The smallest absolute Gasteiger partial charge is 0.349 e. The number of thiophene rings is 1. The summed E-state index contributed by atoms with van der Waals surface area (Å²) in [5.41, 5.74) is 2.89. The minimum Gasteiger partial charge on any atom is -0.451 e. The Morgan fingerprint density at radius 1 is 1.18 bits per heavy atom. The normalized spacial score (nSPS) is 10.8. The van der Waals surface area contributed by atoms with Crippen molar-refractivity contribution in [1.82, 2.24) is 14.1 Å². The molecular formula is C24H21N5O4S. The van der Waals surface area contributed by atoms with Crippen molar-refractivity contribution in [2.45, 2.75) is 20.8 Å². The van der Waals surface area contributed by atoms with Crippen LogP contribution in [0, 0.1) is 32.1 Å². The van der Waals surface area contributed by atoms with E-state index in [1.165, 1.54) is 10.9 Å². The maximum absolute atomic E-state index is 12.7. The molecule has 0 aliphatic heterocycles. The van der Waals surface area contributed by atoms with Crippen LogP contribution in [-0.4, -0.2) is 32.6 Å². The number of hydrogen-bond acceptors (Lipinski definition) is 7. The van der Waals surface area contributed by atoms with E-state index in [1.54, 1.807) is 18.5 Å². The highest BCUT2D eigenvalue weighted by Crippen LogP contribution is 2.30. The number of aryl methyl sites for hydroxylation is 2. The SMILES string of the molecule is Cc1c(C#N)c(NC(=O)COC(=O)c2sc3ncn(C)c(=O)c3c2C)n(-c2ccccc2)c1C. The van der Waals surface area contributed by atoms with Gasteiger partial charge in [0.15, 0.2) is 6.61 Å². The number of carbonyl (C=O) groups excluding carboxylic acids is 2. The van der Waals surface area contributed by atoms with Crippen molar-refractivity contribution in [2.24, 2.45) is 7.05 Å². The van der Waals surface area contributed by atoms with Gasteiger partial charge in [0.25, 0.3) is 11.5 Å². The number of amides is 1. The third-order valence-corrected chi connectivity index (χ3v) is 6.81. The molecule has 0 aliphatic rings. The molecule has 0 atom stereocenters. The number of esters is 1. The number of anilines is 1. The lowest BCUT2D eigenvalue weighted by Crippen LogP contribution is -2.23. The maximum Gasteiger partial charge on any atom is 0.349 e. The molecule has 4 aromatic rings. The predicted molar refractivity (Wildman–Crippen MR) is 128 cm³/mol. The van der Waals surface area contributed by atoms with Crippen LogP contribution in [0.4, 0.5) is 5.82 Å². The average molecular weight is 476 g/mol. The average Bonchev–Trinajstić information content (AvgIpc) is 3.29. The molecule has 0 aliphatic carbocycles. The largest absolute Gasteiger partial charge is 0.451 e. The van der Waals surface area contributed by atoms with Gasteiger partial charge in [-0.15, -0.1) is 11.3 Å². The molecule has 0 fully saturated rings. The molecule has 1 aromatic carbocycles. The third kappa shape index (κ3) is 3.86. The molecule has 1 N–H and O–H groups in total. The van der Waals surface area contributed by atoms with Crippen molar-refractivity contribution in [1.29, 1.82) is 5.26 Å². The third-order valence-electron chi connectivity index (χ3n) is 5.63. The fraction of sp³-hybridized carbons (Fsp3) is 0.208. The van der Waals surface area contributed by atoms with Crippen LogP contribution >= 0.6 is 11.3 Å². The van der Waals surface area contributed by atoms with Gasteiger partial charge in [-0.05, 0) is 44.0 Å². The summed E-state index contributed by atoms with van der Waals surface area (Å²) < 4.78 is 8.35. The van der Waals surface area contributed by atoms with E-state index >= 15 is 0 Å². The fourth-order valence-corrected chi connectivity index (χ4v) is 4.76. The van der Waals surface area contributed by atoms with Crippen LogP contribution in [0.2, 0.25) is 0 Å². The van der Waals surface area contributed by atoms with Gasteiger partial charge in [0.1, 0.15) is 21.6 Å². The zero-order valence-electron chi connectivity index (χ0n) is 19.0. The molecule has 4 rings (SSSR count). The van der Waals surface area contributed by atoms with E-state index in [0.717, 1.165) is 28.3 Å². The lowest BCUT2D eigenvalue weighted by molar-refractivity contribution is -0.119. The second-order valence-corrected chi connectivity index (χ2v) is 8.74. The Hall–Kier alpha value is -4.23. The van der Waals surface area contributed by atoms with Gasteiger partial charge in [0, 0.05) is 18.4 Å². The number of nitriles is 1. The van der Waals surface area contributed by atoms with Crippen molar-refractivity contribution >= 4 is 39.2 Å². The maximum atomic E-state index is 12.7. The Labute approximate surface area is 198 Å². The summed E-state index contributed by atoms with van der Waals surface area (Å²) in [5.74, 6) is -0.994. The quantitative estimate of drug-likeness (QED) is 0.442. The summed E-state index contributed by atoms with van der Waals surface area (Å²) in [5, 5.41) is 12.7. The van der Waals surface area contributed by atoms with Crippen molar-refractivity contribution in [3.63, 3.8) is 0 Å². The van der Waals surface area contributed by atoms with Gasteiger partial charge in [0.05, 0.1) is 17.3 Å². The second-order valence-electron chi connectivity index (χ2n) is 7.74. The number of ether oxygens (including phenoxy) is 1. The number of benzene rings is 1. The highest BCUT2D eigenvalue weighted by Gasteiger charge is 2.23. The number of nitrogens with one attached hydrogen (secondary N) is 1. The molecule has 3 heterocycles. The summed E-state index contributed by atoms with van der Waals surface area (Å²) in [6, 6.07) is 11.5. The number of para-hydroxylation sites is 1. The summed E-state index contributed by atoms with van der Waals surface area (Å²) in [4.78, 5) is 42.6. The molecule has 9 nitrogen and oxygen atoms in total. The van der Waals surface area contributed by atoms with E-state index in [-0.39, 0.29) is 10.4 Å². The first-order valence-corrected chi connectivity index (χ1v) is 11.1. The van der Waals surface area contributed by atoms with E-state index in [1.807, 2.05) is 44.2 Å². The highest BCUT2D eigenvalue weighted by atomic mass is 32.1. The molecular weight excluding hydrogens is 454 g/mol. The molecule has 3 aromatic heterocycles. The summed E-state index contributed by atoms with van der Waals surface area (Å²) in [7, 11) is 1.58. The molecule has 0 saturated heterocycles. The van der Waals surface area contributed by atoms with Crippen LogP contribution in [0.1, 0.15) is 32.1 Å². The number of aromatic nitrogens is 3. The first-order chi connectivity index (χ1) is 16.2. The van der Waals surface area contributed by atoms with E-state index in [2.05, 4.69) is 16.4 Å². The van der Waals surface area contributed by atoms with Crippen LogP contribution in [0.25, 0.3) is 15.9 Å². The Kier molecular flexibility index (Phi) is 6.04. The lowest BCUT2D eigenvalue weighted by Gasteiger charge is -2.13. The number of nitrogens with zero attached hydrogens (tertiary/aromatic N) is 4. The molecule has 0 unspecified atom stereocenters. The van der Waals surface area contributed by atoms with Crippen molar-refractivity contribution < 1.29 is 14.3 Å². The summed E-state index contributed by atoms with van der Waals surface area (Å²) in [6.45, 7) is 4.77. The Balaban J connectivity index is 1.56. The number of hydrogen-bond donors (Lipinski definition) is 1. The number of rotatable bonds is 5. The van der Waals surface area contributed by atoms with Gasteiger partial charge in [-0.3, -0.25) is 14.2 Å². The Bertz CT molecular complexity index is 1540. The Morgan fingerprint density at radius 2 is 1.88 bits per heavy atom. The molecule has 1 amide bonds. The fourth-order valence-electron chi connectivity index (χ4n) is 3.73. The van der Waals surface area contributed by atoms with Crippen LogP contribution in [-0.2, 0) is 16.6 Å². The molecule has 0 saturated carbocycles. The zero-order chi connectivity index (χ0) is 24.6. The topological polar surface area (TPSA) is 119 Å². The molecule has 0 radical (unpaired) electrons. The van der Waals surface area contributed by atoms with Gasteiger partial charge < -0.3 is 14.6 Å². The minimum atomic E-state index is -0.719. The monoisotopic (exact) mass is 475 g/mol. The van der Waals surface area contributed by atoms with Crippen molar-refractivity contribution in [2.75, 3.05) is 11.9 Å². The van der Waals surface area contributed by atoms with Crippen LogP contribution in [0.15, 0.2) is 41.5 Å². The molecule has 0 bridgehead atoms. The minimum absolute atomic E-state index is 0.218. The van der Waals surface area contributed by atoms with Gasteiger partial charge in [0.2, 0.25) is 0 Å². The Morgan fingerprint density at radius 3 is 2.56 bits per heavy atom. The summed E-state index contributed by atoms with van der Waals surface area (Å²) in [6.07, 6.45) is 1.39. The number of fused-ring (bicyclic) bond motifs is 1. The van der Waals surface area contributed by atoms with Crippen LogP contribution in [0.3, 0.4) is 0 Å². The van der Waals surface area contributed by atoms with Gasteiger partial charge >= 0.3 is 5.97 Å². The first-order valence-electron chi connectivity index (χ1n) is 10.3. The van der Waals surface area contributed by atoms with Gasteiger partial charge in [-0.25, -0.2) is 9.78 Å². The standard InChI is InChI=1S/C24H21N5O4S/c1-13-15(3)29(16-8-6-5-7-9-16)21(17(13)10-25)27-18(30)11-33-24(32)20-14(2)19-22(34-20)26-12-28(4)23(19)31/h5-9,12H,11H2,1-4H3,(H,27,30). The van der Waals surface area contributed by atoms with Crippen molar-refractivity contribution in [3.8, 4) is 11.8 Å². The van der Waals surface area contributed by atoms with E-state index in [9.17, 15) is 19.6 Å². The summed E-state index contributed by atoms with van der Waals surface area (Å²) >= 11 is 1.04. The molecule has 172 valence electrons. The van der Waals surface area contributed by atoms with E-state index < -0.39 is 18.5 Å². The molecule has 10 heteroatoms. The lowest BCUT2D eigenvalue weighted by atomic mass is 10.2. The zero-order valence-corrected chi connectivity index (χ0v) is 19.8. The van der Waals surface area contributed by atoms with Gasteiger partial charge in [-0.2, -0.15) is 5.26 Å². The highest BCUT2D eigenvalue weighted by molar-refractivity contribution is 7.20. The molecule has 34 heavy (non-hydrogen) atoms. The van der Waals surface area contributed by atoms with E-state index in [4.69, 9.17) is 4.74 Å². The first kappa shape index (κ1) is 22.9. The molecule has 0 spiro atoms. The second kappa shape index (κ2) is 8.96. The van der Waals surface area contributed by atoms with Crippen LogP contribution in [0.5, 0.6) is 0 Å². The predicted octanol–water partition coefficient (Wildman–Crippen LogP) is 3.38.